The van der Waals surface area contributed by atoms with Gasteiger partial charge in [-0.25, -0.2) is 9.78 Å². The third kappa shape index (κ3) is 3.99. The molecule has 2 heterocycles. The quantitative estimate of drug-likeness (QED) is 0.774. The van der Waals surface area contributed by atoms with Gasteiger partial charge < -0.3 is 9.67 Å². The van der Waals surface area contributed by atoms with Crippen molar-refractivity contribution in [2.45, 2.75) is 70.0 Å². The molecule has 154 valence electrons. The minimum absolute atomic E-state index is 0.0983. The molecule has 0 saturated carbocycles. The van der Waals surface area contributed by atoms with Gasteiger partial charge in [-0.15, -0.1) is 0 Å². The van der Waals surface area contributed by atoms with Crippen molar-refractivity contribution in [3.8, 4) is 0 Å². The standard InChI is InChI=1S/C23H29N3O3/c1-16(15-18-13-14-25(18)17-9-5-3-2-4-6-10-17)26-20-12-8-7-11-19(20)24-21(22(26)27)23(28)29/h5,7-9,11-12,16-18H,2-4,6,10,13-15H2,1H3,(H,28,29)/b9-5-/t16-,17?,18-/m0/s1. The Morgan fingerprint density at radius 2 is 2.07 bits per heavy atom. The molecule has 1 aromatic heterocycles. The highest BCUT2D eigenvalue weighted by Gasteiger charge is 2.34. The van der Waals surface area contributed by atoms with Crippen molar-refractivity contribution in [1.29, 1.82) is 0 Å². The van der Waals surface area contributed by atoms with Gasteiger partial charge in [-0.3, -0.25) is 9.69 Å². The number of carboxylic acid groups (broad SMARTS) is 1. The van der Waals surface area contributed by atoms with Crippen molar-refractivity contribution in [2.24, 2.45) is 0 Å². The third-order valence-corrected chi connectivity index (χ3v) is 6.40. The Bertz CT molecular complexity index is 981. The largest absolute Gasteiger partial charge is 0.476 e. The fourth-order valence-electron chi connectivity index (χ4n) is 4.80. The van der Waals surface area contributed by atoms with E-state index in [1.54, 1.807) is 10.6 Å². The van der Waals surface area contributed by atoms with Crippen molar-refractivity contribution in [1.82, 2.24) is 14.5 Å². The maximum atomic E-state index is 12.9. The highest BCUT2D eigenvalue weighted by molar-refractivity contribution is 5.88. The Kier molecular flexibility index (Phi) is 5.81. The average molecular weight is 396 g/mol. The first-order valence-electron chi connectivity index (χ1n) is 10.7. The molecule has 1 N–H and O–H groups in total. The zero-order valence-electron chi connectivity index (χ0n) is 17.0. The van der Waals surface area contributed by atoms with Gasteiger partial charge in [0.2, 0.25) is 5.69 Å². The van der Waals surface area contributed by atoms with Crippen molar-refractivity contribution < 1.29 is 9.90 Å². The smallest absolute Gasteiger partial charge is 0.360 e. The summed E-state index contributed by atoms with van der Waals surface area (Å²) >= 11 is 0. The van der Waals surface area contributed by atoms with E-state index in [0.29, 0.717) is 23.1 Å². The van der Waals surface area contributed by atoms with Crippen LogP contribution < -0.4 is 5.56 Å². The Hall–Kier alpha value is -2.47. The van der Waals surface area contributed by atoms with Gasteiger partial charge in [-0.05, 0) is 51.2 Å². The van der Waals surface area contributed by atoms with Crippen molar-refractivity contribution in [3.05, 3.63) is 52.5 Å². The van der Waals surface area contributed by atoms with E-state index in [9.17, 15) is 14.7 Å². The first-order chi connectivity index (χ1) is 14.1. The Balaban J connectivity index is 1.60. The molecule has 1 aromatic carbocycles. The number of allylic oxidation sites excluding steroid dienone is 1. The Morgan fingerprint density at radius 3 is 2.83 bits per heavy atom. The number of carbonyl (C=O) groups is 1. The van der Waals surface area contributed by atoms with Crippen molar-refractivity contribution in [2.75, 3.05) is 6.54 Å². The van der Waals surface area contributed by atoms with Crippen LogP contribution in [0.4, 0.5) is 0 Å². The Morgan fingerprint density at radius 1 is 1.24 bits per heavy atom. The van der Waals surface area contributed by atoms with Crippen LogP contribution in [0.2, 0.25) is 0 Å². The summed E-state index contributed by atoms with van der Waals surface area (Å²) in [4.78, 5) is 31.1. The van der Waals surface area contributed by atoms with E-state index in [-0.39, 0.29) is 6.04 Å². The molecule has 2 aromatic rings. The van der Waals surface area contributed by atoms with Crippen LogP contribution >= 0.6 is 0 Å². The van der Waals surface area contributed by atoms with Gasteiger partial charge in [0.15, 0.2) is 0 Å². The molecule has 0 radical (unpaired) electrons. The summed E-state index contributed by atoms with van der Waals surface area (Å²) in [6, 6.07) is 8.10. The molecule has 0 bridgehead atoms. The lowest BCUT2D eigenvalue weighted by atomic mass is 9.90. The number of hydrogen-bond donors (Lipinski definition) is 1. The summed E-state index contributed by atoms with van der Waals surface area (Å²) in [5, 5.41) is 9.44. The summed E-state index contributed by atoms with van der Waals surface area (Å²) in [5.41, 5.74) is 0.334. The predicted octanol–water partition coefficient (Wildman–Crippen LogP) is 4.01. The monoisotopic (exact) mass is 395 g/mol. The number of aromatic nitrogens is 2. The highest BCUT2D eigenvalue weighted by atomic mass is 16.4. The Labute approximate surface area is 170 Å². The summed E-state index contributed by atoms with van der Waals surface area (Å²) in [5.74, 6) is -1.27. The molecular weight excluding hydrogens is 366 g/mol. The van der Waals surface area contributed by atoms with Crippen LogP contribution in [-0.4, -0.2) is 44.2 Å². The summed E-state index contributed by atoms with van der Waals surface area (Å²) in [6.45, 7) is 3.11. The number of para-hydroxylation sites is 2. The number of likely N-dealkylation sites (tertiary alicyclic amines) is 1. The molecular formula is C23H29N3O3. The van der Waals surface area contributed by atoms with E-state index in [4.69, 9.17) is 0 Å². The predicted molar refractivity (Wildman–Crippen MR) is 113 cm³/mol. The summed E-state index contributed by atoms with van der Waals surface area (Å²) < 4.78 is 1.64. The summed E-state index contributed by atoms with van der Waals surface area (Å²) in [6.07, 6.45) is 12.9. The molecule has 2 aliphatic rings. The molecule has 1 fully saturated rings. The second-order valence-electron chi connectivity index (χ2n) is 8.33. The normalized spacial score (nSPS) is 25.0. The van der Waals surface area contributed by atoms with Gasteiger partial charge in [-0.2, -0.15) is 0 Å². The van der Waals surface area contributed by atoms with Crippen LogP contribution in [0.3, 0.4) is 0 Å². The van der Waals surface area contributed by atoms with E-state index < -0.39 is 17.2 Å². The van der Waals surface area contributed by atoms with Crippen LogP contribution in [0.25, 0.3) is 11.0 Å². The number of benzene rings is 1. The van der Waals surface area contributed by atoms with E-state index in [2.05, 4.69) is 22.0 Å². The fourth-order valence-corrected chi connectivity index (χ4v) is 4.80. The molecule has 6 heteroatoms. The third-order valence-electron chi connectivity index (χ3n) is 6.40. The van der Waals surface area contributed by atoms with Gasteiger partial charge in [0, 0.05) is 24.7 Å². The molecule has 0 amide bonds. The maximum absolute atomic E-state index is 12.9. The van der Waals surface area contributed by atoms with Crippen LogP contribution in [0.1, 0.15) is 68.4 Å². The molecule has 1 aliphatic carbocycles. The first kappa shape index (κ1) is 19.8. The molecule has 1 saturated heterocycles. The first-order valence-corrected chi connectivity index (χ1v) is 10.7. The van der Waals surface area contributed by atoms with Crippen molar-refractivity contribution >= 4 is 17.0 Å². The van der Waals surface area contributed by atoms with Crippen LogP contribution in [-0.2, 0) is 0 Å². The number of rotatable bonds is 5. The minimum Gasteiger partial charge on any atom is -0.476 e. The zero-order chi connectivity index (χ0) is 20.4. The van der Waals surface area contributed by atoms with Crippen LogP contribution in [0.15, 0.2) is 41.2 Å². The maximum Gasteiger partial charge on any atom is 0.360 e. The van der Waals surface area contributed by atoms with Gasteiger partial charge in [-0.1, -0.05) is 37.1 Å². The van der Waals surface area contributed by atoms with E-state index in [1.165, 1.54) is 32.1 Å². The van der Waals surface area contributed by atoms with Gasteiger partial charge in [0.25, 0.3) is 5.56 Å². The summed E-state index contributed by atoms with van der Waals surface area (Å²) in [7, 11) is 0. The average Bonchev–Trinajstić information content (AvgIpc) is 2.66. The molecule has 1 unspecified atom stereocenters. The lowest BCUT2D eigenvalue weighted by molar-refractivity contribution is 0.0416. The molecule has 3 atom stereocenters. The lowest BCUT2D eigenvalue weighted by Gasteiger charge is -2.47. The highest BCUT2D eigenvalue weighted by Crippen LogP contribution is 2.31. The molecule has 4 rings (SSSR count). The molecule has 1 aliphatic heterocycles. The van der Waals surface area contributed by atoms with Gasteiger partial charge in [0.05, 0.1) is 11.0 Å². The molecule has 0 spiro atoms. The van der Waals surface area contributed by atoms with Crippen molar-refractivity contribution in [3.63, 3.8) is 0 Å². The van der Waals surface area contributed by atoms with E-state index in [1.807, 2.05) is 25.1 Å². The topological polar surface area (TPSA) is 75.4 Å². The minimum atomic E-state index is -1.27. The second kappa shape index (κ2) is 8.49. The SMILES string of the molecule is C[C@@H](C[C@@H]1CCN1C1/C=C\CCCCC1)n1c(=O)c(C(=O)O)nc2ccccc21. The van der Waals surface area contributed by atoms with Crippen LogP contribution in [0.5, 0.6) is 0 Å². The number of hydrogen-bond acceptors (Lipinski definition) is 4. The van der Waals surface area contributed by atoms with Gasteiger partial charge >= 0.3 is 5.97 Å². The van der Waals surface area contributed by atoms with Gasteiger partial charge in [0.1, 0.15) is 0 Å². The molecule has 6 nitrogen and oxygen atoms in total. The van der Waals surface area contributed by atoms with E-state index >= 15 is 0 Å². The van der Waals surface area contributed by atoms with E-state index in [0.717, 1.165) is 19.4 Å². The fraction of sp³-hybridized carbons (Fsp3) is 0.522. The lowest BCUT2D eigenvalue weighted by Crippen LogP contribution is -2.53. The second-order valence-corrected chi connectivity index (χ2v) is 8.33. The molecule has 29 heavy (non-hydrogen) atoms. The number of aromatic carboxylic acids is 1. The number of nitrogens with zero attached hydrogens (tertiary/aromatic N) is 3. The zero-order valence-corrected chi connectivity index (χ0v) is 17.0. The number of carboxylic acids is 1. The number of fused-ring (bicyclic) bond motifs is 1. The van der Waals surface area contributed by atoms with Crippen LogP contribution in [0, 0.1) is 0 Å².